The fourth-order valence-electron chi connectivity index (χ4n) is 8.53. The summed E-state index contributed by atoms with van der Waals surface area (Å²) in [6.07, 6.45) is 5.39. The van der Waals surface area contributed by atoms with Crippen molar-refractivity contribution >= 4 is 23.0 Å². The highest BCUT2D eigenvalue weighted by atomic mass is 16.5. The molecule has 4 unspecified atom stereocenters. The summed E-state index contributed by atoms with van der Waals surface area (Å²) in [4.78, 5) is 45.8. The van der Waals surface area contributed by atoms with Gasteiger partial charge >= 0.3 is 6.09 Å². The number of H-pyrrole nitrogens is 2. The number of aliphatic hydroxyl groups is 1. The largest absolute Gasteiger partial charge is 0.457 e. The van der Waals surface area contributed by atoms with Gasteiger partial charge in [0.15, 0.2) is 0 Å². The summed E-state index contributed by atoms with van der Waals surface area (Å²) in [5, 5.41) is 14.2. The molecule has 2 saturated heterocycles. The van der Waals surface area contributed by atoms with Gasteiger partial charge in [0.05, 0.1) is 48.2 Å². The fraction of sp³-hybridized carbons (Fsp3) is 0.442. The van der Waals surface area contributed by atoms with Crippen LogP contribution in [0, 0.1) is 11.8 Å². The van der Waals surface area contributed by atoms with Crippen LogP contribution in [0.15, 0.2) is 60.8 Å². The number of hydrogen-bond acceptors (Lipinski definition) is 8. The monoisotopic (exact) mass is 745 g/mol. The van der Waals surface area contributed by atoms with Crippen molar-refractivity contribution in [2.75, 3.05) is 20.2 Å². The summed E-state index contributed by atoms with van der Waals surface area (Å²) in [6, 6.07) is 18.3. The van der Waals surface area contributed by atoms with E-state index in [1.54, 1.807) is 0 Å². The van der Waals surface area contributed by atoms with Gasteiger partial charge in [-0.15, -0.1) is 0 Å². The first-order valence-corrected chi connectivity index (χ1v) is 19.6. The van der Waals surface area contributed by atoms with Crippen LogP contribution in [0.4, 0.5) is 4.79 Å². The van der Waals surface area contributed by atoms with E-state index in [0.29, 0.717) is 18.9 Å². The maximum Gasteiger partial charge on any atom is 0.407 e. The average Bonchev–Trinajstić information content (AvgIpc) is 4.00. The van der Waals surface area contributed by atoms with Crippen molar-refractivity contribution in [3.8, 4) is 33.9 Å². The van der Waals surface area contributed by atoms with Crippen LogP contribution in [0.2, 0.25) is 0 Å². The number of alkyl carbamates (subject to hydrolysis) is 1. The van der Waals surface area contributed by atoms with Crippen LogP contribution >= 0.6 is 0 Å². The number of carbonyl (C=O) groups excluding carboxylic acids is 2. The SMILES string of the molecule is COC(=O)NC(C(C)C)C(O)N1CCCC1c1nc2ccc(-c3ccc4c(c3)Cc3cc(-c5cnc(C6CCCN6C(=O)CC(C)C)[nH]5)ccc3O4)cc2[nH]1. The highest BCUT2D eigenvalue weighted by Gasteiger charge is 2.38. The third kappa shape index (κ3) is 7.32. The number of aromatic nitrogens is 4. The lowest BCUT2D eigenvalue weighted by Crippen LogP contribution is -2.54. The highest BCUT2D eigenvalue weighted by molar-refractivity contribution is 5.82. The molecule has 0 spiro atoms. The highest BCUT2D eigenvalue weighted by Crippen LogP contribution is 2.41. The van der Waals surface area contributed by atoms with Crippen molar-refractivity contribution in [3.05, 3.63) is 83.6 Å². The van der Waals surface area contributed by atoms with Crippen LogP contribution in [-0.4, -0.2) is 79.3 Å². The Kier molecular flexibility index (Phi) is 10.1. The number of amides is 2. The average molecular weight is 746 g/mol. The lowest BCUT2D eigenvalue weighted by atomic mass is 9.94. The molecule has 0 bridgehead atoms. The molecular weight excluding hydrogens is 695 g/mol. The van der Waals surface area contributed by atoms with E-state index in [4.69, 9.17) is 19.4 Å². The van der Waals surface area contributed by atoms with Crippen molar-refractivity contribution in [2.45, 2.75) is 90.6 Å². The second-order valence-corrected chi connectivity index (χ2v) is 16.0. The molecule has 3 aliphatic rings. The maximum absolute atomic E-state index is 12.9. The zero-order valence-electron chi connectivity index (χ0n) is 32.3. The van der Waals surface area contributed by atoms with E-state index < -0.39 is 18.4 Å². The Labute approximate surface area is 321 Å². The second-order valence-electron chi connectivity index (χ2n) is 16.0. The number of rotatable bonds is 10. The molecule has 12 nitrogen and oxygen atoms in total. The smallest absolute Gasteiger partial charge is 0.407 e. The Morgan fingerprint density at radius 2 is 1.60 bits per heavy atom. The number of nitrogens with zero attached hydrogens (tertiary/aromatic N) is 4. The molecule has 0 radical (unpaired) electrons. The van der Waals surface area contributed by atoms with E-state index in [9.17, 15) is 14.7 Å². The van der Waals surface area contributed by atoms with Gasteiger partial charge in [0.2, 0.25) is 5.91 Å². The summed E-state index contributed by atoms with van der Waals surface area (Å²) >= 11 is 0. The maximum atomic E-state index is 12.9. The van der Waals surface area contributed by atoms with Gasteiger partial charge in [0.1, 0.15) is 29.4 Å². The number of fused-ring (bicyclic) bond motifs is 3. The molecule has 3 aromatic carbocycles. The summed E-state index contributed by atoms with van der Waals surface area (Å²) in [7, 11) is 1.33. The zero-order chi connectivity index (χ0) is 38.4. The molecule has 5 heterocycles. The number of carbonyl (C=O) groups is 2. The number of likely N-dealkylation sites (tertiary alicyclic amines) is 2. The van der Waals surface area contributed by atoms with Gasteiger partial charge in [0, 0.05) is 31.5 Å². The van der Waals surface area contributed by atoms with Crippen molar-refractivity contribution in [1.82, 2.24) is 35.1 Å². The standard InChI is InChI=1S/C43H51N7O5/c1-24(2)18-38(51)49-16-6-8-34(49)40-44-23-33(47-40)28-12-15-37-30(20-28)21-29-19-26(11-14-36(29)55-37)27-10-13-31-32(22-27)46-41(45-31)35-9-7-17-50(35)42(52)39(25(3)4)48-43(53)54-5/h10-15,19-20,22-25,34-35,39,42,52H,6-9,16-18,21H2,1-5H3,(H,44,47)(H,45,46)(H,48,53). The van der Waals surface area contributed by atoms with Crippen LogP contribution in [0.3, 0.4) is 0 Å². The Morgan fingerprint density at radius 3 is 2.35 bits per heavy atom. The normalized spacial score (nSPS) is 19.4. The Balaban J connectivity index is 0.991. The van der Waals surface area contributed by atoms with Crippen LogP contribution < -0.4 is 10.1 Å². The number of benzene rings is 3. The molecule has 55 heavy (non-hydrogen) atoms. The van der Waals surface area contributed by atoms with Crippen LogP contribution in [0.5, 0.6) is 11.5 Å². The minimum atomic E-state index is -0.888. The lowest BCUT2D eigenvalue weighted by Gasteiger charge is -2.35. The van der Waals surface area contributed by atoms with Crippen LogP contribution in [0.25, 0.3) is 33.4 Å². The Bertz CT molecular complexity index is 2210. The molecule has 8 rings (SSSR count). The molecule has 2 amide bonds. The first-order chi connectivity index (χ1) is 26.6. The van der Waals surface area contributed by atoms with Gasteiger partial charge in [-0.05, 0) is 102 Å². The minimum absolute atomic E-state index is 0.00274. The fourth-order valence-corrected chi connectivity index (χ4v) is 8.53. The van der Waals surface area contributed by atoms with Crippen molar-refractivity contribution in [1.29, 1.82) is 0 Å². The van der Waals surface area contributed by atoms with E-state index in [1.165, 1.54) is 7.11 Å². The quantitative estimate of drug-likeness (QED) is 0.111. The molecule has 12 heteroatoms. The van der Waals surface area contributed by atoms with E-state index in [2.05, 4.69) is 65.5 Å². The van der Waals surface area contributed by atoms with E-state index in [1.807, 2.05) is 48.0 Å². The Morgan fingerprint density at radius 1 is 0.909 bits per heavy atom. The van der Waals surface area contributed by atoms with E-state index >= 15 is 0 Å². The molecule has 288 valence electrons. The number of aromatic amines is 2. The van der Waals surface area contributed by atoms with E-state index in [-0.39, 0.29) is 23.9 Å². The number of hydrogen-bond donors (Lipinski definition) is 4. The first kappa shape index (κ1) is 36.8. The van der Waals surface area contributed by atoms with Gasteiger partial charge < -0.3 is 34.8 Å². The van der Waals surface area contributed by atoms with Crippen LogP contribution in [-0.2, 0) is 16.0 Å². The summed E-state index contributed by atoms with van der Waals surface area (Å²) in [6.45, 7) is 9.59. The predicted octanol–water partition coefficient (Wildman–Crippen LogP) is 7.86. The minimum Gasteiger partial charge on any atom is -0.457 e. The van der Waals surface area contributed by atoms with Crippen molar-refractivity contribution < 1.29 is 24.2 Å². The Hall–Kier alpha value is -5.20. The zero-order valence-corrected chi connectivity index (χ0v) is 32.3. The topological polar surface area (TPSA) is 149 Å². The first-order valence-electron chi connectivity index (χ1n) is 19.6. The lowest BCUT2D eigenvalue weighted by molar-refractivity contribution is -0.133. The molecule has 5 aromatic rings. The third-order valence-electron chi connectivity index (χ3n) is 11.4. The summed E-state index contributed by atoms with van der Waals surface area (Å²) in [5.41, 5.74) is 8.11. The van der Waals surface area contributed by atoms with Crippen LogP contribution in [0.1, 0.15) is 94.7 Å². The van der Waals surface area contributed by atoms with Gasteiger partial charge in [-0.3, -0.25) is 9.69 Å². The molecule has 4 N–H and O–H groups in total. The van der Waals surface area contributed by atoms with E-state index in [0.717, 1.165) is 106 Å². The summed E-state index contributed by atoms with van der Waals surface area (Å²) in [5.74, 6) is 3.88. The van der Waals surface area contributed by atoms with Gasteiger partial charge in [-0.1, -0.05) is 39.8 Å². The van der Waals surface area contributed by atoms with Gasteiger partial charge in [-0.2, -0.15) is 0 Å². The molecule has 2 aromatic heterocycles. The number of ether oxygens (including phenoxy) is 2. The molecule has 2 fully saturated rings. The number of imidazole rings is 2. The number of methoxy groups -OCH3 is 1. The number of aliphatic hydroxyl groups excluding tert-OH is 1. The summed E-state index contributed by atoms with van der Waals surface area (Å²) < 4.78 is 11.2. The second kappa shape index (κ2) is 15.1. The molecule has 0 saturated carbocycles. The number of nitrogens with one attached hydrogen (secondary N) is 3. The van der Waals surface area contributed by atoms with Gasteiger partial charge in [-0.25, -0.2) is 14.8 Å². The molecule has 3 aliphatic heterocycles. The third-order valence-corrected chi connectivity index (χ3v) is 11.4. The molecule has 0 aliphatic carbocycles. The molecular formula is C43H51N7O5. The molecule has 4 atom stereocenters. The van der Waals surface area contributed by atoms with Crippen molar-refractivity contribution in [2.24, 2.45) is 11.8 Å². The van der Waals surface area contributed by atoms with Gasteiger partial charge in [0.25, 0.3) is 0 Å². The predicted molar refractivity (Wildman–Crippen MR) is 210 cm³/mol. The van der Waals surface area contributed by atoms with Crippen molar-refractivity contribution in [3.63, 3.8) is 0 Å².